The maximum atomic E-state index is 12.3. The fourth-order valence-electron chi connectivity index (χ4n) is 3.11. The maximum absolute atomic E-state index is 12.3. The number of rotatable bonds is 5. The summed E-state index contributed by atoms with van der Waals surface area (Å²) in [5.74, 6) is 0.722. The fourth-order valence-corrected chi connectivity index (χ4v) is 4.48. The molecule has 1 saturated heterocycles. The number of benzene rings is 1. The van der Waals surface area contributed by atoms with Crippen LogP contribution in [0.1, 0.15) is 34.5 Å². The van der Waals surface area contributed by atoms with Crippen LogP contribution in [0, 0.1) is 13.8 Å². The molecule has 0 atom stereocenters. The first-order chi connectivity index (χ1) is 12.9. The lowest BCUT2D eigenvalue weighted by molar-refractivity contribution is -0.119. The highest BCUT2D eigenvalue weighted by Crippen LogP contribution is 2.28. The molecule has 27 heavy (non-hydrogen) atoms. The average molecular weight is 451 g/mol. The third kappa shape index (κ3) is 5.17. The number of likely N-dealkylation sites (tertiary alicyclic amines) is 1. The molecule has 1 aromatic heterocycles. The Balaban J connectivity index is 1.44. The molecular weight excluding hydrogens is 428 g/mol. The van der Waals surface area contributed by atoms with Crippen LogP contribution in [-0.4, -0.2) is 41.6 Å². The van der Waals surface area contributed by atoms with Crippen LogP contribution in [0.2, 0.25) is 0 Å². The lowest BCUT2D eigenvalue weighted by Crippen LogP contribution is -2.46. The van der Waals surface area contributed by atoms with Gasteiger partial charge < -0.3 is 14.6 Å². The first-order valence-electron chi connectivity index (χ1n) is 8.95. The molecule has 7 heteroatoms. The number of piperidine rings is 1. The second-order valence-electron chi connectivity index (χ2n) is 6.77. The number of hydrogen-bond donors (Lipinski definition) is 1. The first-order valence-corrected chi connectivity index (χ1v) is 10.7. The zero-order chi connectivity index (χ0) is 19.4. The van der Waals surface area contributed by atoms with Crippen molar-refractivity contribution in [3.8, 4) is 0 Å². The van der Waals surface area contributed by atoms with Gasteiger partial charge >= 0.3 is 0 Å². The Hall–Kier alpha value is -1.73. The first kappa shape index (κ1) is 20.0. The van der Waals surface area contributed by atoms with Gasteiger partial charge in [0.05, 0.1) is 12.0 Å². The number of carbonyl (C=O) groups excluding carboxylic acids is 2. The predicted octanol–water partition coefficient (Wildman–Crippen LogP) is 4.17. The minimum absolute atomic E-state index is 0.0378. The molecule has 2 heterocycles. The van der Waals surface area contributed by atoms with Crippen LogP contribution in [0.25, 0.3) is 0 Å². The zero-order valence-corrected chi connectivity index (χ0v) is 17.9. The van der Waals surface area contributed by atoms with E-state index in [0.717, 1.165) is 33.3 Å². The van der Waals surface area contributed by atoms with Crippen molar-refractivity contribution in [2.24, 2.45) is 0 Å². The largest absolute Gasteiger partial charge is 0.459 e. The summed E-state index contributed by atoms with van der Waals surface area (Å²) < 4.78 is 6.26. The number of halogens is 1. The molecule has 5 nitrogen and oxygen atoms in total. The number of amides is 2. The molecule has 0 saturated carbocycles. The molecular formula is C20H23BrN2O3S. The van der Waals surface area contributed by atoms with E-state index < -0.39 is 0 Å². The molecule has 2 amide bonds. The predicted molar refractivity (Wildman–Crippen MR) is 110 cm³/mol. The molecule has 3 rings (SSSR count). The number of aryl methyl sites for hydroxylation is 2. The quantitative estimate of drug-likeness (QED) is 0.694. The van der Waals surface area contributed by atoms with E-state index in [1.807, 2.05) is 6.92 Å². The van der Waals surface area contributed by atoms with Crippen LogP contribution in [0.15, 0.2) is 44.3 Å². The zero-order valence-electron chi connectivity index (χ0n) is 15.5. The topological polar surface area (TPSA) is 62.6 Å². The van der Waals surface area contributed by atoms with E-state index >= 15 is 0 Å². The third-order valence-electron chi connectivity index (χ3n) is 4.69. The summed E-state index contributed by atoms with van der Waals surface area (Å²) in [6.07, 6.45) is 3.03. The smallest absolute Gasteiger partial charge is 0.289 e. The van der Waals surface area contributed by atoms with E-state index in [4.69, 9.17) is 4.42 Å². The highest BCUT2D eigenvalue weighted by Gasteiger charge is 2.25. The second kappa shape index (κ2) is 8.97. The Morgan fingerprint density at radius 2 is 2.00 bits per heavy atom. The summed E-state index contributed by atoms with van der Waals surface area (Å²) in [5.41, 5.74) is 2.33. The van der Waals surface area contributed by atoms with Gasteiger partial charge in [0.15, 0.2) is 5.76 Å². The summed E-state index contributed by atoms with van der Waals surface area (Å²) >= 11 is 5.09. The van der Waals surface area contributed by atoms with Crippen molar-refractivity contribution >= 4 is 39.5 Å². The van der Waals surface area contributed by atoms with Gasteiger partial charge in [-0.05, 0) is 62.1 Å². The molecule has 1 N–H and O–H groups in total. The lowest BCUT2D eigenvalue weighted by atomic mass is 10.0. The minimum atomic E-state index is -0.0820. The molecule has 144 valence electrons. The Morgan fingerprint density at radius 1 is 1.26 bits per heavy atom. The third-order valence-corrected chi connectivity index (χ3v) is 6.71. The molecule has 2 aromatic rings. The van der Waals surface area contributed by atoms with E-state index in [-0.39, 0.29) is 17.9 Å². The van der Waals surface area contributed by atoms with Crippen molar-refractivity contribution in [2.75, 3.05) is 18.8 Å². The van der Waals surface area contributed by atoms with Crippen LogP contribution in [0.5, 0.6) is 0 Å². The molecule has 1 aliphatic heterocycles. The van der Waals surface area contributed by atoms with Crippen molar-refractivity contribution in [1.82, 2.24) is 10.2 Å². The standard InChI is InChI=1S/C20H23BrN2O3S/c1-13-11-18(14(2)10-16(13)21)27-12-19(24)22-15-5-7-23(8-6-15)20(25)17-4-3-9-26-17/h3-4,9-11,15H,5-8,12H2,1-2H3,(H,22,24). The molecule has 1 aliphatic rings. The van der Waals surface area contributed by atoms with Crippen LogP contribution in [-0.2, 0) is 4.79 Å². The van der Waals surface area contributed by atoms with Gasteiger partial charge in [-0.25, -0.2) is 0 Å². The fraction of sp³-hybridized carbons (Fsp3) is 0.400. The van der Waals surface area contributed by atoms with Gasteiger partial charge in [0.1, 0.15) is 0 Å². The Bertz CT molecular complexity index is 815. The monoisotopic (exact) mass is 450 g/mol. The number of thioether (sulfide) groups is 1. The summed E-state index contributed by atoms with van der Waals surface area (Å²) in [4.78, 5) is 27.5. The van der Waals surface area contributed by atoms with E-state index in [1.165, 1.54) is 6.26 Å². The van der Waals surface area contributed by atoms with Gasteiger partial charge in [0, 0.05) is 28.5 Å². The molecule has 1 fully saturated rings. The van der Waals surface area contributed by atoms with Crippen molar-refractivity contribution in [3.63, 3.8) is 0 Å². The molecule has 0 unspecified atom stereocenters. The number of nitrogens with one attached hydrogen (secondary N) is 1. The average Bonchev–Trinajstić information content (AvgIpc) is 3.18. The molecule has 0 aliphatic carbocycles. The van der Waals surface area contributed by atoms with Crippen LogP contribution < -0.4 is 5.32 Å². The van der Waals surface area contributed by atoms with Gasteiger partial charge in [0.25, 0.3) is 5.91 Å². The Kier molecular flexibility index (Phi) is 6.65. The summed E-state index contributed by atoms with van der Waals surface area (Å²) in [6, 6.07) is 7.70. The summed E-state index contributed by atoms with van der Waals surface area (Å²) in [5, 5.41) is 3.10. The van der Waals surface area contributed by atoms with Gasteiger partial charge in [0.2, 0.25) is 5.91 Å². The van der Waals surface area contributed by atoms with Crippen molar-refractivity contribution < 1.29 is 14.0 Å². The highest BCUT2D eigenvalue weighted by atomic mass is 79.9. The SMILES string of the molecule is Cc1cc(SCC(=O)NC2CCN(C(=O)c3ccco3)CC2)c(C)cc1Br. The summed E-state index contributed by atoms with van der Waals surface area (Å²) in [6.45, 7) is 5.35. The normalized spacial score (nSPS) is 15.0. The number of furan rings is 1. The maximum Gasteiger partial charge on any atom is 0.289 e. The van der Waals surface area contributed by atoms with Gasteiger partial charge in [-0.2, -0.15) is 0 Å². The van der Waals surface area contributed by atoms with E-state index in [9.17, 15) is 9.59 Å². The number of carbonyl (C=O) groups is 2. The van der Waals surface area contributed by atoms with Gasteiger partial charge in [-0.3, -0.25) is 9.59 Å². The van der Waals surface area contributed by atoms with Gasteiger partial charge in [-0.15, -0.1) is 11.8 Å². The van der Waals surface area contributed by atoms with Crippen LogP contribution in [0.3, 0.4) is 0 Å². The Labute approximate surface area is 172 Å². The second-order valence-corrected chi connectivity index (χ2v) is 8.64. The Morgan fingerprint density at radius 3 is 2.67 bits per heavy atom. The van der Waals surface area contributed by atoms with Crippen molar-refractivity contribution in [1.29, 1.82) is 0 Å². The molecule has 0 spiro atoms. The summed E-state index contributed by atoms with van der Waals surface area (Å²) in [7, 11) is 0. The van der Waals surface area contributed by atoms with E-state index in [2.05, 4.69) is 40.3 Å². The van der Waals surface area contributed by atoms with E-state index in [1.54, 1.807) is 28.8 Å². The molecule has 0 bridgehead atoms. The lowest BCUT2D eigenvalue weighted by Gasteiger charge is -2.31. The van der Waals surface area contributed by atoms with Crippen molar-refractivity contribution in [3.05, 3.63) is 51.9 Å². The highest BCUT2D eigenvalue weighted by molar-refractivity contribution is 9.10. The molecule has 0 radical (unpaired) electrons. The molecule has 1 aromatic carbocycles. The van der Waals surface area contributed by atoms with E-state index in [0.29, 0.717) is 24.6 Å². The van der Waals surface area contributed by atoms with Crippen LogP contribution in [0.4, 0.5) is 0 Å². The van der Waals surface area contributed by atoms with Gasteiger partial charge in [-0.1, -0.05) is 15.9 Å². The van der Waals surface area contributed by atoms with Crippen LogP contribution >= 0.6 is 27.7 Å². The van der Waals surface area contributed by atoms with Crippen molar-refractivity contribution in [2.45, 2.75) is 37.6 Å². The minimum Gasteiger partial charge on any atom is -0.459 e. The number of hydrogen-bond acceptors (Lipinski definition) is 4. The number of nitrogens with zero attached hydrogens (tertiary/aromatic N) is 1.